The first-order valence-corrected chi connectivity index (χ1v) is 7.40. The zero-order chi connectivity index (χ0) is 14.0. The van der Waals surface area contributed by atoms with Gasteiger partial charge in [-0.25, -0.2) is 0 Å². The monoisotopic (exact) mass is 317 g/mol. The van der Waals surface area contributed by atoms with Gasteiger partial charge in [0.2, 0.25) is 0 Å². The van der Waals surface area contributed by atoms with Gasteiger partial charge in [0, 0.05) is 4.47 Å². The molecule has 1 atom stereocenters. The van der Waals surface area contributed by atoms with Crippen molar-refractivity contribution in [2.75, 3.05) is 0 Å². The Kier molecular flexibility index (Phi) is 4.43. The van der Waals surface area contributed by atoms with Crippen LogP contribution in [0.1, 0.15) is 48.1 Å². The van der Waals surface area contributed by atoms with E-state index < -0.39 is 0 Å². The van der Waals surface area contributed by atoms with Crippen molar-refractivity contribution in [2.24, 2.45) is 5.73 Å². The molecule has 2 heteroatoms. The summed E-state index contributed by atoms with van der Waals surface area (Å²) in [4.78, 5) is 0. The van der Waals surface area contributed by atoms with Crippen LogP contribution in [0.2, 0.25) is 0 Å². The quantitative estimate of drug-likeness (QED) is 0.853. The molecule has 2 rings (SSSR count). The maximum absolute atomic E-state index is 6.36. The molecule has 2 aromatic rings. The average molecular weight is 318 g/mol. The third kappa shape index (κ3) is 3.26. The standard InChI is InChI=1S/C17H20BrN/c1-11(2)13-5-7-14(8-6-13)17(19)15-9-4-12(3)10-16(15)18/h4-11,17H,19H2,1-3H3. The second-order valence-corrected chi connectivity index (χ2v) is 6.18. The van der Waals surface area contributed by atoms with Crippen LogP contribution < -0.4 is 5.73 Å². The van der Waals surface area contributed by atoms with Crippen molar-refractivity contribution < 1.29 is 0 Å². The van der Waals surface area contributed by atoms with Crippen LogP contribution in [-0.4, -0.2) is 0 Å². The molecule has 2 aromatic carbocycles. The molecule has 0 amide bonds. The zero-order valence-electron chi connectivity index (χ0n) is 11.7. The molecule has 0 bridgehead atoms. The van der Waals surface area contributed by atoms with Crippen molar-refractivity contribution in [2.45, 2.75) is 32.7 Å². The summed E-state index contributed by atoms with van der Waals surface area (Å²) in [7, 11) is 0. The van der Waals surface area contributed by atoms with E-state index in [9.17, 15) is 0 Å². The first-order valence-electron chi connectivity index (χ1n) is 6.60. The van der Waals surface area contributed by atoms with Gasteiger partial charge in [-0.3, -0.25) is 0 Å². The number of aryl methyl sites for hydroxylation is 1. The Morgan fingerprint density at radius 1 is 0.947 bits per heavy atom. The molecular formula is C17H20BrN. The van der Waals surface area contributed by atoms with E-state index in [0.717, 1.165) is 15.6 Å². The lowest BCUT2D eigenvalue weighted by Gasteiger charge is -2.16. The van der Waals surface area contributed by atoms with Crippen molar-refractivity contribution in [3.8, 4) is 0 Å². The zero-order valence-corrected chi connectivity index (χ0v) is 13.2. The third-order valence-electron chi connectivity index (χ3n) is 3.45. The maximum atomic E-state index is 6.36. The normalized spacial score (nSPS) is 12.7. The van der Waals surface area contributed by atoms with Crippen molar-refractivity contribution >= 4 is 15.9 Å². The van der Waals surface area contributed by atoms with Crippen LogP contribution in [-0.2, 0) is 0 Å². The van der Waals surface area contributed by atoms with Crippen LogP contribution in [0, 0.1) is 6.92 Å². The van der Waals surface area contributed by atoms with Crippen LogP contribution in [0.15, 0.2) is 46.9 Å². The second-order valence-electron chi connectivity index (χ2n) is 5.32. The molecule has 2 N–H and O–H groups in total. The van der Waals surface area contributed by atoms with Crippen LogP contribution in [0.5, 0.6) is 0 Å². The average Bonchev–Trinajstić information content (AvgIpc) is 2.38. The smallest absolute Gasteiger partial charge is 0.0562 e. The lowest BCUT2D eigenvalue weighted by atomic mass is 9.95. The Labute approximate surface area is 124 Å². The molecule has 1 nitrogen and oxygen atoms in total. The SMILES string of the molecule is Cc1ccc(C(N)c2ccc(C(C)C)cc2)c(Br)c1. The van der Waals surface area contributed by atoms with Crippen molar-refractivity contribution in [3.63, 3.8) is 0 Å². The molecule has 0 aliphatic carbocycles. The summed E-state index contributed by atoms with van der Waals surface area (Å²) in [6, 6.07) is 14.8. The number of nitrogens with two attached hydrogens (primary N) is 1. The molecule has 0 heterocycles. The molecule has 0 radical (unpaired) electrons. The Balaban J connectivity index is 2.30. The van der Waals surface area contributed by atoms with Crippen LogP contribution in [0.4, 0.5) is 0 Å². The molecule has 0 fully saturated rings. The minimum atomic E-state index is -0.0869. The summed E-state index contributed by atoms with van der Waals surface area (Å²) in [5.74, 6) is 0.552. The molecule has 1 unspecified atom stereocenters. The van der Waals surface area contributed by atoms with Crippen molar-refractivity contribution in [1.82, 2.24) is 0 Å². The van der Waals surface area contributed by atoms with Gasteiger partial charge in [-0.15, -0.1) is 0 Å². The van der Waals surface area contributed by atoms with E-state index in [1.54, 1.807) is 0 Å². The van der Waals surface area contributed by atoms with Gasteiger partial charge in [0.25, 0.3) is 0 Å². The van der Waals surface area contributed by atoms with Gasteiger partial charge in [-0.1, -0.05) is 66.2 Å². The number of benzene rings is 2. The van der Waals surface area contributed by atoms with E-state index in [2.05, 4.69) is 79.2 Å². The lowest BCUT2D eigenvalue weighted by Crippen LogP contribution is -2.12. The minimum absolute atomic E-state index is 0.0869. The molecule has 0 saturated heterocycles. The molecule has 19 heavy (non-hydrogen) atoms. The highest BCUT2D eigenvalue weighted by molar-refractivity contribution is 9.10. The van der Waals surface area contributed by atoms with E-state index in [-0.39, 0.29) is 6.04 Å². The van der Waals surface area contributed by atoms with Gasteiger partial charge in [-0.2, -0.15) is 0 Å². The van der Waals surface area contributed by atoms with Gasteiger partial charge in [0.1, 0.15) is 0 Å². The Bertz CT molecular complexity index is 558. The fourth-order valence-electron chi connectivity index (χ4n) is 2.15. The third-order valence-corrected chi connectivity index (χ3v) is 4.14. The van der Waals surface area contributed by atoms with Crippen LogP contribution in [0.3, 0.4) is 0 Å². The number of halogens is 1. The van der Waals surface area contributed by atoms with Gasteiger partial charge in [-0.05, 0) is 41.2 Å². The summed E-state index contributed by atoms with van der Waals surface area (Å²) in [6.45, 7) is 6.48. The van der Waals surface area contributed by atoms with Gasteiger partial charge in [0.15, 0.2) is 0 Å². The van der Waals surface area contributed by atoms with Gasteiger partial charge >= 0.3 is 0 Å². The molecular weight excluding hydrogens is 298 g/mol. The maximum Gasteiger partial charge on any atom is 0.0562 e. The van der Waals surface area contributed by atoms with Crippen molar-refractivity contribution in [1.29, 1.82) is 0 Å². The molecule has 100 valence electrons. The predicted molar refractivity (Wildman–Crippen MR) is 85.4 cm³/mol. The van der Waals surface area contributed by atoms with Crippen molar-refractivity contribution in [3.05, 3.63) is 69.2 Å². The van der Waals surface area contributed by atoms with Crippen LogP contribution >= 0.6 is 15.9 Å². The van der Waals surface area contributed by atoms with E-state index in [1.807, 2.05) is 0 Å². The summed E-state index contributed by atoms with van der Waals surface area (Å²) < 4.78 is 1.08. The first-order chi connectivity index (χ1) is 8.99. The largest absolute Gasteiger partial charge is 0.320 e. The first kappa shape index (κ1) is 14.3. The van der Waals surface area contributed by atoms with E-state index in [0.29, 0.717) is 5.92 Å². The Hall–Kier alpha value is -1.12. The molecule has 0 aliphatic rings. The van der Waals surface area contributed by atoms with E-state index in [1.165, 1.54) is 11.1 Å². The fourth-order valence-corrected chi connectivity index (χ4v) is 2.89. The summed E-state index contributed by atoms with van der Waals surface area (Å²) >= 11 is 3.60. The van der Waals surface area contributed by atoms with Gasteiger partial charge in [0.05, 0.1) is 6.04 Å². The minimum Gasteiger partial charge on any atom is -0.320 e. The highest BCUT2D eigenvalue weighted by Crippen LogP contribution is 2.28. The second kappa shape index (κ2) is 5.89. The number of hydrogen-bond acceptors (Lipinski definition) is 1. The van der Waals surface area contributed by atoms with E-state index in [4.69, 9.17) is 5.73 Å². The summed E-state index contributed by atoms with van der Waals surface area (Å²) in [5.41, 5.74) is 11.2. The molecule has 0 saturated carbocycles. The molecule has 0 spiro atoms. The topological polar surface area (TPSA) is 26.0 Å². The highest BCUT2D eigenvalue weighted by Gasteiger charge is 2.12. The Morgan fingerprint density at radius 3 is 2.05 bits per heavy atom. The predicted octanol–water partition coefficient (Wildman–Crippen LogP) is 4.93. The summed E-state index contributed by atoms with van der Waals surface area (Å²) in [5, 5.41) is 0. The lowest BCUT2D eigenvalue weighted by molar-refractivity contribution is 0.844. The van der Waals surface area contributed by atoms with Crippen LogP contribution in [0.25, 0.3) is 0 Å². The molecule has 0 aliphatic heterocycles. The van der Waals surface area contributed by atoms with E-state index >= 15 is 0 Å². The Morgan fingerprint density at radius 2 is 1.53 bits per heavy atom. The number of rotatable bonds is 3. The fraction of sp³-hybridized carbons (Fsp3) is 0.294. The summed E-state index contributed by atoms with van der Waals surface area (Å²) in [6.07, 6.45) is 0. The number of hydrogen-bond donors (Lipinski definition) is 1. The highest BCUT2D eigenvalue weighted by atomic mass is 79.9. The van der Waals surface area contributed by atoms with Gasteiger partial charge < -0.3 is 5.73 Å². The molecule has 0 aromatic heterocycles.